The van der Waals surface area contributed by atoms with E-state index in [0.717, 1.165) is 9.87 Å². The summed E-state index contributed by atoms with van der Waals surface area (Å²) in [5.74, 6) is -1.10. The second-order valence-electron chi connectivity index (χ2n) is 11.6. The first-order chi connectivity index (χ1) is 21.7. The number of sulfonamides is 1. The molecule has 0 radical (unpaired) electrons. The van der Waals surface area contributed by atoms with E-state index in [1.165, 1.54) is 41.3 Å². The summed E-state index contributed by atoms with van der Waals surface area (Å²) in [5, 5.41) is 4.19. The Balaban J connectivity index is 1.85. The molecule has 0 aliphatic heterocycles. The zero-order valence-corrected chi connectivity index (χ0v) is 29.2. The third kappa shape index (κ3) is 9.17. The highest BCUT2D eigenvalue weighted by Gasteiger charge is 2.36. The Morgan fingerprint density at radius 2 is 1.39 bits per heavy atom. The summed E-state index contributed by atoms with van der Waals surface area (Å²) >= 11 is 25.4. The molecule has 0 fully saturated rings. The number of amides is 2. The van der Waals surface area contributed by atoms with E-state index >= 15 is 0 Å². The number of carbonyl (C=O) groups is 2. The second-order valence-corrected chi connectivity index (χ2v) is 15.2. The fourth-order valence-corrected chi connectivity index (χ4v) is 6.99. The maximum Gasteiger partial charge on any atom is 0.264 e. The molecule has 2 amide bonds. The Morgan fingerprint density at radius 3 is 1.98 bits per heavy atom. The molecule has 1 N–H and O–H groups in total. The Hall–Kier alpha value is -3.27. The summed E-state index contributed by atoms with van der Waals surface area (Å²) < 4.78 is 29.2. The third-order valence-corrected chi connectivity index (χ3v) is 9.92. The van der Waals surface area contributed by atoms with Crippen LogP contribution in [0.5, 0.6) is 0 Å². The van der Waals surface area contributed by atoms with Crippen LogP contribution in [0.15, 0.2) is 102 Å². The highest BCUT2D eigenvalue weighted by atomic mass is 35.5. The molecule has 4 rings (SSSR count). The summed E-state index contributed by atoms with van der Waals surface area (Å²) in [4.78, 5) is 29.8. The van der Waals surface area contributed by atoms with Crippen molar-refractivity contribution in [2.24, 2.45) is 0 Å². The molecule has 0 spiro atoms. The van der Waals surface area contributed by atoms with E-state index in [9.17, 15) is 18.0 Å². The molecule has 0 saturated heterocycles. The van der Waals surface area contributed by atoms with Crippen LogP contribution in [-0.4, -0.2) is 43.3 Å². The van der Waals surface area contributed by atoms with Crippen molar-refractivity contribution >= 4 is 73.9 Å². The standard InChI is InChI=1S/C34H33Cl4N3O4S/c1-34(2,3)39-33(43)31(19-23-9-5-4-6-10-23)40(21-28-29(37)13-8-14-30(28)38)32(42)22-41(26-12-7-11-25(36)20-26)46(44,45)27-17-15-24(35)16-18-27/h4-18,20,31H,19,21-22H2,1-3H3,(H,39,43). The fourth-order valence-electron chi connectivity index (χ4n) is 4.75. The van der Waals surface area contributed by atoms with Crippen molar-refractivity contribution in [1.29, 1.82) is 0 Å². The molecule has 1 unspecified atom stereocenters. The molecule has 0 saturated carbocycles. The topological polar surface area (TPSA) is 86.8 Å². The van der Waals surface area contributed by atoms with Crippen LogP contribution in [0.25, 0.3) is 0 Å². The SMILES string of the molecule is CC(C)(C)NC(=O)C(Cc1ccccc1)N(Cc1c(Cl)cccc1Cl)C(=O)CN(c1cccc(Cl)c1)S(=O)(=O)c1ccc(Cl)cc1. The van der Waals surface area contributed by atoms with Crippen LogP contribution in [-0.2, 0) is 32.6 Å². The van der Waals surface area contributed by atoms with Gasteiger partial charge in [-0.25, -0.2) is 8.42 Å². The van der Waals surface area contributed by atoms with Gasteiger partial charge in [-0.2, -0.15) is 0 Å². The van der Waals surface area contributed by atoms with Crippen LogP contribution in [0.2, 0.25) is 20.1 Å². The number of halogens is 4. The molecule has 4 aromatic rings. The lowest BCUT2D eigenvalue weighted by Gasteiger charge is -2.35. The van der Waals surface area contributed by atoms with Gasteiger partial charge in [-0.3, -0.25) is 13.9 Å². The smallest absolute Gasteiger partial charge is 0.264 e. The van der Waals surface area contributed by atoms with Gasteiger partial charge in [0.2, 0.25) is 11.8 Å². The first-order valence-electron chi connectivity index (χ1n) is 14.3. The first kappa shape index (κ1) is 35.6. The lowest BCUT2D eigenvalue weighted by molar-refractivity contribution is -0.140. The van der Waals surface area contributed by atoms with Crippen molar-refractivity contribution < 1.29 is 18.0 Å². The molecule has 0 heterocycles. The molecule has 0 aliphatic rings. The van der Waals surface area contributed by atoms with Gasteiger partial charge in [0.25, 0.3) is 10.0 Å². The van der Waals surface area contributed by atoms with Crippen molar-refractivity contribution in [1.82, 2.24) is 10.2 Å². The third-order valence-electron chi connectivity index (χ3n) is 6.94. The van der Waals surface area contributed by atoms with Crippen LogP contribution < -0.4 is 9.62 Å². The van der Waals surface area contributed by atoms with E-state index in [1.807, 2.05) is 51.1 Å². The van der Waals surface area contributed by atoms with Crippen molar-refractivity contribution in [3.05, 3.63) is 128 Å². The maximum atomic E-state index is 14.6. The number of nitrogens with one attached hydrogen (secondary N) is 1. The number of anilines is 1. The highest BCUT2D eigenvalue weighted by molar-refractivity contribution is 7.92. The Labute approximate surface area is 290 Å². The van der Waals surface area contributed by atoms with Crippen LogP contribution in [0.1, 0.15) is 31.9 Å². The summed E-state index contributed by atoms with van der Waals surface area (Å²) in [7, 11) is -4.32. The fraction of sp³-hybridized carbons (Fsp3) is 0.235. The molecular formula is C34H33Cl4N3O4S. The number of rotatable bonds is 11. The van der Waals surface area contributed by atoms with Gasteiger partial charge < -0.3 is 10.2 Å². The zero-order valence-electron chi connectivity index (χ0n) is 25.4. The first-order valence-corrected chi connectivity index (χ1v) is 17.2. The van der Waals surface area contributed by atoms with Gasteiger partial charge >= 0.3 is 0 Å². The molecule has 7 nitrogen and oxygen atoms in total. The van der Waals surface area contributed by atoms with Gasteiger partial charge in [0.1, 0.15) is 12.6 Å². The molecule has 0 bridgehead atoms. The molecule has 46 heavy (non-hydrogen) atoms. The monoisotopic (exact) mass is 719 g/mol. The quantitative estimate of drug-likeness (QED) is 0.170. The minimum atomic E-state index is -4.32. The van der Waals surface area contributed by atoms with Crippen LogP contribution in [0.4, 0.5) is 5.69 Å². The molecule has 0 aliphatic carbocycles. The Bertz CT molecular complexity index is 1780. The lowest BCUT2D eigenvalue weighted by atomic mass is 10.0. The predicted molar refractivity (Wildman–Crippen MR) is 186 cm³/mol. The zero-order chi connectivity index (χ0) is 33.6. The number of benzene rings is 4. The predicted octanol–water partition coefficient (Wildman–Crippen LogP) is 8.05. The van der Waals surface area contributed by atoms with Crippen molar-refractivity contribution in [3.63, 3.8) is 0 Å². The highest BCUT2D eigenvalue weighted by Crippen LogP contribution is 2.30. The summed E-state index contributed by atoms with van der Waals surface area (Å²) in [6.45, 7) is 4.67. The van der Waals surface area contributed by atoms with Crippen LogP contribution in [0, 0.1) is 0 Å². The Kier molecular flexibility index (Phi) is 11.7. The average molecular weight is 722 g/mol. The van der Waals surface area contributed by atoms with Gasteiger partial charge in [-0.15, -0.1) is 0 Å². The van der Waals surface area contributed by atoms with E-state index in [1.54, 1.807) is 30.3 Å². The molecular weight excluding hydrogens is 688 g/mol. The average Bonchev–Trinajstić information content (AvgIpc) is 2.98. The number of carbonyl (C=O) groups excluding carboxylic acids is 2. The van der Waals surface area contributed by atoms with E-state index in [-0.39, 0.29) is 28.6 Å². The summed E-state index contributed by atoms with van der Waals surface area (Å²) in [5.41, 5.74) is 0.731. The maximum absolute atomic E-state index is 14.6. The summed E-state index contributed by atoms with van der Waals surface area (Å²) in [6.07, 6.45) is 0.137. The van der Waals surface area contributed by atoms with Gasteiger partial charge in [0, 0.05) is 44.2 Å². The van der Waals surface area contributed by atoms with E-state index in [4.69, 9.17) is 46.4 Å². The van der Waals surface area contributed by atoms with Crippen molar-refractivity contribution in [2.75, 3.05) is 10.8 Å². The number of hydrogen-bond acceptors (Lipinski definition) is 4. The molecule has 1 atom stereocenters. The molecule has 0 aromatic heterocycles. The summed E-state index contributed by atoms with van der Waals surface area (Å²) in [6, 6.07) is 24.9. The number of hydrogen-bond donors (Lipinski definition) is 1. The van der Waals surface area contributed by atoms with Crippen molar-refractivity contribution in [2.45, 2.75) is 50.2 Å². The van der Waals surface area contributed by atoms with Gasteiger partial charge in [0.15, 0.2) is 0 Å². The minimum absolute atomic E-state index is 0.0864. The van der Waals surface area contributed by atoms with Gasteiger partial charge in [-0.1, -0.05) is 88.9 Å². The molecule has 12 heteroatoms. The van der Waals surface area contributed by atoms with E-state index in [2.05, 4.69) is 5.32 Å². The molecule has 4 aromatic carbocycles. The Morgan fingerprint density at radius 1 is 0.783 bits per heavy atom. The largest absolute Gasteiger partial charge is 0.350 e. The molecule has 242 valence electrons. The lowest BCUT2D eigenvalue weighted by Crippen LogP contribution is -2.56. The van der Waals surface area contributed by atoms with E-state index < -0.39 is 40.0 Å². The van der Waals surface area contributed by atoms with Crippen LogP contribution in [0.3, 0.4) is 0 Å². The second kappa shape index (κ2) is 15.1. The minimum Gasteiger partial charge on any atom is -0.350 e. The van der Waals surface area contributed by atoms with Gasteiger partial charge in [-0.05, 0) is 80.9 Å². The van der Waals surface area contributed by atoms with Crippen molar-refractivity contribution in [3.8, 4) is 0 Å². The van der Waals surface area contributed by atoms with Crippen LogP contribution >= 0.6 is 46.4 Å². The number of nitrogens with zero attached hydrogens (tertiary/aromatic N) is 2. The normalized spacial score (nSPS) is 12.3. The van der Waals surface area contributed by atoms with Gasteiger partial charge in [0.05, 0.1) is 10.6 Å². The van der Waals surface area contributed by atoms with E-state index in [0.29, 0.717) is 20.6 Å².